The van der Waals surface area contributed by atoms with Gasteiger partial charge in [0, 0.05) is 23.6 Å². The van der Waals surface area contributed by atoms with Crippen LogP contribution >= 0.6 is 50.8 Å². The Morgan fingerprint density at radius 1 is 1.30 bits per heavy atom. The number of thioether (sulfide) groups is 2. The molecule has 0 radical (unpaired) electrons. The molecular formula is C19H21BrN6O4S3. The number of carboxylic acids is 1. The highest BCUT2D eigenvalue weighted by Crippen LogP contribution is 2.41. The van der Waals surface area contributed by atoms with Gasteiger partial charge in [-0.3, -0.25) is 19.2 Å². The fourth-order valence-corrected chi connectivity index (χ4v) is 7.21. The molecule has 1 saturated heterocycles. The monoisotopic (exact) mass is 572 g/mol. The normalized spacial score (nSPS) is 20.0. The second-order valence-electron chi connectivity index (χ2n) is 7.55. The van der Waals surface area contributed by atoms with Gasteiger partial charge in [-0.25, -0.2) is 4.79 Å². The van der Waals surface area contributed by atoms with Gasteiger partial charge in [-0.15, -0.1) is 22.0 Å². The molecule has 0 bridgehead atoms. The van der Waals surface area contributed by atoms with Crippen molar-refractivity contribution in [2.24, 2.45) is 0 Å². The summed E-state index contributed by atoms with van der Waals surface area (Å²) >= 11 is 7.77. The van der Waals surface area contributed by atoms with E-state index in [9.17, 15) is 19.5 Å². The Morgan fingerprint density at radius 2 is 2.06 bits per heavy atom. The zero-order valence-electron chi connectivity index (χ0n) is 18.0. The third-order valence-electron chi connectivity index (χ3n) is 5.29. The van der Waals surface area contributed by atoms with E-state index in [0.717, 1.165) is 25.2 Å². The smallest absolute Gasteiger partial charge is 0.352 e. The molecule has 10 nitrogen and oxygen atoms in total. The summed E-state index contributed by atoms with van der Waals surface area (Å²) < 4.78 is 3.42. The van der Waals surface area contributed by atoms with Crippen molar-refractivity contribution in [3.63, 3.8) is 0 Å². The van der Waals surface area contributed by atoms with Gasteiger partial charge in [0.05, 0.1) is 16.7 Å². The van der Waals surface area contributed by atoms with E-state index in [1.54, 1.807) is 4.68 Å². The number of aryl methyl sites for hydroxylation is 3. The third kappa shape index (κ3) is 4.84. The highest BCUT2D eigenvalue weighted by molar-refractivity contribution is 9.10. The van der Waals surface area contributed by atoms with E-state index in [-0.39, 0.29) is 18.0 Å². The van der Waals surface area contributed by atoms with Crippen LogP contribution in [0.25, 0.3) is 0 Å². The number of hydrogen-bond donors (Lipinski definition) is 2. The molecule has 0 saturated carbocycles. The highest BCUT2D eigenvalue weighted by atomic mass is 79.9. The van der Waals surface area contributed by atoms with Crippen LogP contribution in [0.2, 0.25) is 0 Å². The summed E-state index contributed by atoms with van der Waals surface area (Å²) in [6.45, 7) is 6.04. The molecule has 2 aromatic rings. The van der Waals surface area contributed by atoms with Gasteiger partial charge in [-0.05, 0) is 42.3 Å². The average molecular weight is 574 g/mol. The SMILES string of the molecule is Cc1nnc(SCC2=C(C(=O)O)N3C(=O)[C@H](NC(=O)CCn4nc(C)c(Br)c4C)[C@H]3SC2)s1. The molecule has 14 heteroatoms. The van der Waals surface area contributed by atoms with Crippen LogP contribution in [0.4, 0.5) is 0 Å². The van der Waals surface area contributed by atoms with Crippen molar-refractivity contribution in [1.29, 1.82) is 0 Å². The van der Waals surface area contributed by atoms with Crippen LogP contribution in [0.1, 0.15) is 22.8 Å². The van der Waals surface area contributed by atoms with Crippen molar-refractivity contribution in [1.82, 2.24) is 30.2 Å². The molecule has 2 amide bonds. The Labute approximate surface area is 210 Å². The number of carboxylic acid groups (broad SMARTS) is 1. The van der Waals surface area contributed by atoms with Crippen molar-refractivity contribution >= 4 is 68.6 Å². The van der Waals surface area contributed by atoms with Gasteiger partial charge < -0.3 is 10.4 Å². The number of aromatic nitrogens is 4. The van der Waals surface area contributed by atoms with Crippen molar-refractivity contribution in [2.45, 2.75) is 49.5 Å². The minimum atomic E-state index is -1.14. The van der Waals surface area contributed by atoms with Gasteiger partial charge in [0.1, 0.15) is 22.1 Å². The number of hydrogen-bond acceptors (Lipinski definition) is 9. The predicted octanol–water partition coefficient (Wildman–Crippen LogP) is 2.34. The Morgan fingerprint density at radius 3 is 2.67 bits per heavy atom. The Bertz CT molecular complexity index is 1160. The number of carbonyl (C=O) groups is 3. The molecule has 4 heterocycles. The average Bonchev–Trinajstić information content (AvgIpc) is 3.31. The molecule has 2 N–H and O–H groups in total. The molecule has 33 heavy (non-hydrogen) atoms. The molecule has 1 fully saturated rings. The predicted molar refractivity (Wildman–Crippen MR) is 129 cm³/mol. The van der Waals surface area contributed by atoms with Crippen LogP contribution in [-0.4, -0.2) is 70.7 Å². The molecule has 2 aliphatic heterocycles. The van der Waals surface area contributed by atoms with Crippen molar-refractivity contribution < 1.29 is 19.5 Å². The maximum Gasteiger partial charge on any atom is 0.352 e. The maximum absolute atomic E-state index is 12.8. The van der Waals surface area contributed by atoms with Crippen LogP contribution in [-0.2, 0) is 20.9 Å². The lowest BCUT2D eigenvalue weighted by Crippen LogP contribution is -2.70. The number of aliphatic carboxylic acids is 1. The second kappa shape index (κ2) is 9.76. The number of amides is 2. The lowest BCUT2D eigenvalue weighted by Gasteiger charge is -2.49. The van der Waals surface area contributed by atoms with E-state index in [1.165, 1.54) is 39.8 Å². The lowest BCUT2D eigenvalue weighted by atomic mass is 10.0. The summed E-state index contributed by atoms with van der Waals surface area (Å²) in [6.07, 6.45) is 0.167. The number of nitrogens with one attached hydrogen (secondary N) is 1. The van der Waals surface area contributed by atoms with Crippen LogP contribution in [0.5, 0.6) is 0 Å². The summed E-state index contributed by atoms with van der Waals surface area (Å²) in [5.41, 5.74) is 2.45. The van der Waals surface area contributed by atoms with Gasteiger partial charge in [-0.2, -0.15) is 5.10 Å². The number of halogens is 1. The Kier molecular flexibility index (Phi) is 7.17. The number of β-lactam (4-membered cyclic amide) rings is 1. The first-order chi connectivity index (χ1) is 15.7. The third-order valence-corrected chi connectivity index (χ3v) is 9.83. The van der Waals surface area contributed by atoms with Crippen LogP contribution in [0.15, 0.2) is 20.1 Å². The first-order valence-electron chi connectivity index (χ1n) is 9.99. The molecule has 0 aliphatic carbocycles. The summed E-state index contributed by atoms with van der Waals surface area (Å²) in [4.78, 5) is 38.6. The van der Waals surface area contributed by atoms with Crippen LogP contribution in [0.3, 0.4) is 0 Å². The highest BCUT2D eigenvalue weighted by Gasteiger charge is 2.54. The van der Waals surface area contributed by atoms with Gasteiger partial charge in [0.25, 0.3) is 5.91 Å². The zero-order chi connectivity index (χ0) is 23.9. The minimum Gasteiger partial charge on any atom is -0.477 e. The van der Waals surface area contributed by atoms with Crippen LogP contribution in [0, 0.1) is 20.8 Å². The number of fused-ring (bicyclic) bond motifs is 1. The molecule has 4 rings (SSSR count). The summed E-state index contributed by atoms with van der Waals surface area (Å²) in [7, 11) is 0. The number of nitrogens with zero attached hydrogens (tertiary/aromatic N) is 5. The fourth-order valence-electron chi connectivity index (χ4n) is 3.63. The largest absolute Gasteiger partial charge is 0.477 e. The first kappa shape index (κ1) is 24.2. The van der Waals surface area contributed by atoms with Crippen LogP contribution < -0.4 is 5.32 Å². The number of carbonyl (C=O) groups excluding carboxylic acids is 2. The lowest BCUT2D eigenvalue weighted by molar-refractivity contribution is -0.150. The van der Waals surface area contributed by atoms with E-state index >= 15 is 0 Å². The van der Waals surface area contributed by atoms with E-state index in [2.05, 4.69) is 36.5 Å². The van der Waals surface area contributed by atoms with E-state index in [1.807, 2.05) is 20.8 Å². The molecule has 2 aromatic heterocycles. The molecule has 2 atom stereocenters. The fraction of sp³-hybridized carbons (Fsp3) is 0.474. The standard InChI is InChI=1S/C19H21BrN6O4S3/c1-8-13(20)9(2)25(24-8)5-4-12(27)21-14-16(28)26-15(18(29)30)11(6-31-17(14)26)7-32-19-23-22-10(3)33-19/h14,17H,4-7H2,1-3H3,(H,21,27)(H,29,30)/t14-,17+/m0/s1. The van der Waals surface area contributed by atoms with E-state index in [4.69, 9.17) is 0 Å². The molecule has 2 aliphatic rings. The molecule has 0 unspecified atom stereocenters. The van der Waals surface area contributed by atoms with Gasteiger partial charge >= 0.3 is 5.97 Å². The minimum absolute atomic E-state index is 0.00970. The summed E-state index contributed by atoms with van der Waals surface area (Å²) in [5.74, 6) is -0.938. The summed E-state index contributed by atoms with van der Waals surface area (Å²) in [5, 5.41) is 25.4. The van der Waals surface area contributed by atoms with Crippen molar-refractivity contribution in [2.75, 3.05) is 11.5 Å². The van der Waals surface area contributed by atoms with E-state index < -0.39 is 23.3 Å². The Balaban J connectivity index is 1.38. The molecule has 0 spiro atoms. The maximum atomic E-state index is 12.8. The van der Waals surface area contributed by atoms with Gasteiger partial charge in [0.2, 0.25) is 5.91 Å². The second-order valence-corrected chi connectivity index (χ2v) is 11.8. The first-order valence-corrected chi connectivity index (χ1v) is 13.6. The number of rotatable bonds is 8. The van der Waals surface area contributed by atoms with E-state index in [0.29, 0.717) is 23.6 Å². The Hall–Kier alpha value is -1.90. The van der Waals surface area contributed by atoms with Crippen molar-refractivity contribution in [3.8, 4) is 0 Å². The zero-order valence-corrected chi connectivity index (χ0v) is 22.0. The molecule has 176 valence electrons. The van der Waals surface area contributed by atoms with Gasteiger partial charge in [0.15, 0.2) is 4.34 Å². The molecular weight excluding hydrogens is 552 g/mol. The van der Waals surface area contributed by atoms with Crippen molar-refractivity contribution in [3.05, 3.63) is 32.1 Å². The molecule has 0 aromatic carbocycles. The summed E-state index contributed by atoms with van der Waals surface area (Å²) in [6, 6.07) is -0.732. The topological polar surface area (TPSA) is 130 Å². The quantitative estimate of drug-likeness (QED) is 0.361. The van der Waals surface area contributed by atoms with Gasteiger partial charge in [-0.1, -0.05) is 23.1 Å².